The molecule has 0 saturated heterocycles. The zero-order valence-electron chi connectivity index (χ0n) is 15.8. The van der Waals surface area contributed by atoms with Crippen LogP contribution in [0.5, 0.6) is 5.75 Å². The van der Waals surface area contributed by atoms with Crippen LogP contribution in [-0.2, 0) is 4.74 Å². The quantitative estimate of drug-likeness (QED) is 0.856. The summed E-state index contributed by atoms with van der Waals surface area (Å²) in [6.45, 7) is 7.85. The first-order valence-electron chi connectivity index (χ1n) is 8.58. The van der Waals surface area contributed by atoms with Crippen molar-refractivity contribution in [1.29, 1.82) is 0 Å². The van der Waals surface area contributed by atoms with Crippen molar-refractivity contribution in [2.24, 2.45) is 0 Å². The van der Waals surface area contributed by atoms with Gasteiger partial charge in [0.1, 0.15) is 11.4 Å². The highest BCUT2D eigenvalue weighted by atomic mass is 16.6. The summed E-state index contributed by atoms with van der Waals surface area (Å²) in [5, 5.41) is 2.79. The Morgan fingerprint density at radius 1 is 1.28 bits per heavy atom. The number of nitrogens with one attached hydrogen (secondary N) is 1. The molecule has 1 aromatic rings. The lowest BCUT2D eigenvalue weighted by Gasteiger charge is -2.21. The number of ether oxygens (including phenoxy) is 2. The minimum Gasteiger partial charge on any atom is -0.497 e. The van der Waals surface area contributed by atoms with E-state index in [4.69, 9.17) is 9.47 Å². The van der Waals surface area contributed by atoms with Crippen molar-refractivity contribution >= 4 is 11.8 Å². The maximum Gasteiger partial charge on any atom is 0.407 e. The Balaban J connectivity index is 1.81. The molecule has 0 aliphatic carbocycles. The molecule has 0 unspecified atom stereocenters. The number of carbonyl (C=O) groups is 1. The van der Waals surface area contributed by atoms with Crippen molar-refractivity contribution in [2.75, 3.05) is 38.7 Å². The molecule has 1 aromatic carbocycles. The molecule has 1 aliphatic rings. The summed E-state index contributed by atoms with van der Waals surface area (Å²) in [6, 6.07) is 8.02. The van der Waals surface area contributed by atoms with Gasteiger partial charge in [0.25, 0.3) is 0 Å². The fourth-order valence-corrected chi connectivity index (χ4v) is 2.62. The number of hydrogen-bond acceptors (Lipinski definition) is 5. The number of anilines is 1. The molecule has 6 nitrogen and oxygen atoms in total. The lowest BCUT2D eigenvalue weighted by atomic mass is 10.2. The fourth-order valence-electron chi connectivity index (χ4n) is 2.62. The number of methoxy groups -OCH3 is 1. The third-order valence-corrected chi connectivity index (χ3v) is 3.94. The summed E-state index contributed by atoms with van der Waals surface area (Å²) in [7, 11) is 3.73. The van der Waals surface area contributed by atoms with E-state index in [1.54, 1.807) is 7.11 Å². The van der Waals surface area contributed by atoms with E-state index in [-0.39, 0.29) is 6.09 Å². The molecule has 0 aromatic heterocycles. The lowest BCUT2D eigenvalue weighted by molar-refractivity contribution is 0.0525. The van der Waals surface area contributed by atoms with Crippen LogP contribution in [0.25, 0.3) is 0 Å². The largest absolute Gasteiger partial charge is 0.497 e. The van der Waals surface area contributed by atoms with Gasteiger partial charge in [0, 0.05) is 50.7 Å². The highest BCUT2D eigenvalue weighted by Crippen LogP contribution is 2.25. The molecule has 1 heterocycles. The van der Waals surface area contributed by atoms with Crippen LogP contribution in [0.3, 0.4) is 0 Å². The average Bonchev–Trinajstić information content (AvgIpc) is 3.01. The van der Waals surface area contributed by atoms with E-state index in [0.29, 0.717) is 6.54 Å². The van der Waals surface area contributed by atoms with Crippen molar-refractivity contribution < 1.29 is 14.3 Å². The molecule has 1 amide bonds. The van der Waals surface area contributed by atoms with Crippen LogP contribution in [0.15, 0.2) is 36.2 Å². The summed E-state index contributed by atoms with van der Waals surface area (Å²) in [4.78, 5) is 16.1. The van der Waals surface area contributed by atoms with E-state index in [9.17, 15) is 4.79 Å². The molecule has 0 radical (unpaired) electrons. The molecule has 138 valence electrons. The van der Waals surface area contributed by atoms with Crippen LogP contribution in [0.1, 0.15) is 27.2 Å². The molecular weight excluding hydrogens is 318 g/mol. The van der Waals surface area contributed by atoms with Gasteiger partial charge in [-0.05, 0) is 45.0 Å². The minimum absolute atomic E-state index is 0.369. The first-order chi connectivity index (χ1) is 11.8. The predicted molar refractivity (Wildman–Crippen MR) is 99.9 cm³/mol. The molecule has 0 atom stereocenters. The Bertz CT molecular complexity index is 605. The van der Waals surface area contributed by atoms with Gasteiger partial charge in [-0.2, -0.15) is 0 Å². The van der Waals surface area contributed by atoms with Crippen LogP contribution < -0.4 is 15.0 Å². The molecular formula is C19H29N3O3. The van der Waals surface area contributed by atoms with Gasteiger partial charge in [0.15, 0.2) is 0 Å². The number of benzene rings is 1. The van der Waals surface area contributed by atoms with Gasteiger partial charge in [0.2, 0.25) is 0 Å². The molecule has 0 saturated carbocycles. The number of nitrogens with zero attached hydrogens (tertiary/aromatic N) is 2. The van der Waals surface area contributed by atoms with Gasteiger partial charge >= 0.3 is 6.09 Å². The SMILES string of the molecule is COc1ccc(N(C)C2=CN(CCNC(=O)OC(C)(C)C)CC2)cc1. The van der Waals surface area contributed by atoms with Crippen molar-refractivity contribution in [3.63, 3.8) is 0 Å². The van der Waals surface area contributed by atoms with Crippen LogP contribution in [0, 0.1) is 0 Å². The Morgan fingerprint density at radius 3 is 2.56 bits per heavy atom. The number of carbonyl (C=O) groups excluding carboxylic acids is 1. The maximum absolute atomic E-state index is 11.7. The third kappa shape index (κ3) is 5.89. The molecule has 2 rings (SSSR count). The Labute approximate surface area is 150 Å². The van der Waals surface area contributed by atoms with Gasteiger partial charge in [0.05, 0.1) is 7.11 Å². The second-order valence-corrected chi connectivity index (χ2v) is 7.09. The summed E-state index contributed by atoms with van der Waals surface area (Å²) in [5.74, 6) is 0.854. The first-order valence-corrected chi connectivity index (χ1v) is 8.58. The molecule has 6 heteroatoms. The van der Waals surface area contributed by atoms with E-state index in [2.05, 4.69) is 28.4 Å². The van der Waals surface area contributed by atoms with Crippen molar-refractivity contribution in [3.8, 4) is 5.75 Å². The Hall–Kier alpha value is -2.37. The second-order valence-electron chi connectivity index (χ2n) is 7.09. The average molecular weight is 347 g/mol. The normalized spacial score (nSPS) is 14.1. The molecule has 25 heavy (non-hydrogen) atoms. The van der Waals surface area contributed by atoms with Crippen LogP contribution >= 0.6 is 0 Å². The summed E-state index contributed by atoms with van der Waals surface area (Å²) < 4.78 is 10.4. The van der Waals surface area contributed by atoms with E-state index in [0.717, 1.165) is 30.9 Å². The van der Waals surface area contributed by atoms with E-state index in [1.165, 1.54) is 5.70 Å². The number of alkyl carbamates (subject to hydrolysis) is 1. The minimum atomic E-state index is -0.466. The molecule has 0 bridgehead atoms. The Morgan fingerprint density at radius 2 is 1.96 bits per heavy atom. The van der Waals surface area contributed by atoms with Crippen molar-refractivity contribution in [2.45, 2.75) is 32.8 Å². The first kappa shape index (κ1) is 19.0. The monoisotopic (exact) mass is 347 g/mol. The zero-order valence-corrected chi connectivity index (χ0v) is 15.8. The molecule has 1 N–H and O–H groups in total. The van der Waals surface area contributed by atoms with Gasteiger partial charge in [-0.1, -0.05) is 0 Å². The van der Waals surface area contributed by atoms with Gasteiger partial charge < -0.3 is 24.6 Å². The van der Waals surface area contributed by atoms with Crippen molar-refractivity contribution in [3.05, 3.63) is 36.2 Å². The van der Waals surface area contributed by atoms with E-state index < -0.39 is 5.60 Å². The van der Waals surface area contributed by atoms with Crippen LogP contribution in [0.2, 0.25) is 0 Å². The molecule has 1 aliphatic heterocycles. The summed E-state index contributed by atoms with van der Waals surface area (Å²) >= 11 is 0. The van der Waals surface area contributed by atoms with E-state index >= 15 is 0 Å². The summed E-state index contributed by atoms with van der Waals surface area (Å²) in [6.07, 6.45) is 2.77. The van der Waals surface area contributed by atoms with Crippen LogP contribution in [0.4, 0.5) is 10.5 Å². The third-order valence-electron chi connectivity index (χ3n) is 3.94. The second kappa shape index (κ2) is 8.14. The molecule has 0 spiro atoms. The predicted octanol–water partition coefficient (Wildman–Crippen LogP) is 3.20. The van der Waals surface area contributed by atoms with Crippen molar-refractivity contribution in [1.82, 2.24) is 10.2 Å². The van der Waals surface area contributed by atoms with Crippen LogP contribution in [-0.4, -0.2) is 50.4 Å². The molecule has 0 fully saturated rings. The lowest BCUT2D eigenvalue weighted by Crippen LogP contribution is -2.36. The highest BCUT2D eigenvalue weighted by molar-refractivity contribution is 5.67. The summed E-state index contributed by atoms with van der Waals surface area (Å²) in [5.41, 5.74) is 1.91. The zero-order chi connectivity index (χ0) is 18.4. The standard InChI is InChI=1S/C19H29N3O3/c1-19(2,3)25-18(23)20-11-13-22-12-10-16(14-22)21(4)15-6-8-17(24-5)9-7-15/h6-9,14H,10-13H2,1-5H3,(H,20,23). The van der Waals surface area contributed by atoms with E-state index in [1.807, 2.05) is 45.0 Å². The smallest absolute Gasteiger partial charge is 0.407 e. The number of rotatable bonds is 6. The number of amides is 1. The van der Waals surface area contributed by atoms with Gasteiger partial charge in [-0.25, -0.2) is 4.79 Å². The number of hydrogen-bond donors (Lipinski definition) is 1. The topological polar surface area (TPSA) is 54.0 Å². The Kier molecular flexibility index (Phi) is 6.17. The maximum atomic E-state index is 11.7. The highest BCUT2D eigenvalue weighted by Gasteiger charge is 2.18. The van der Waals surface area contributed by atoms with Gasteiger partial charge in [-0.3, -0.25) is 0 Å². The van der Waals surface area contributed by atoms with Gasteiger partial charge in [-0.15, -0.1) is 0 Å². The fraction of sp³-hybridized carbons (Fsp3) is 0.526.